The molecule has 0 saturated heterocycles. The molecule has 0 aliphatic carbocycles. The quantitative estimate of drug-likeness (QED) is 0.570. The molecule has 2 aromatic heterocycles. The molecule has 0 fully saturated rings. The molecular formula is C20H17ClN4O2. The molecule has 6 nitrogen and oxygen atoms in total. The molecule has 2 N–H and O–H groups in total. The molecule has 27 heavy (non-hydrogen) atoms. The maximum atomic E-state index is 6.36. The predicted molar refractivity (Wildman–Crippen MR) is 106 cm³/mol. The SMILES string of the molecule is COc1ccc(-c2cnn3c(N)c(-c4ccc(Cl)cc4)cnc23)cc1OC. The third kappa shape index (κ3) is 2.94. The molecule has 0 aliphatic rings. The lowest BCUT2D eigenvalue weighted by atomic mass is 10.1. The first kappa shape index (κ1) is 17.2. The van der Waals surface area contributed by atoms with Crippen LogP contribution in [0.25, 0.3) is 27.9 Å². The smallest absolute Gasteiger partial charge is 0.165 e. The number of benzene rings is 2. The average Bonchev–Trinajstić information content (AvgIpc) is 3.13. The fourth-order valence-corrected chi connectivity index (χ4v) is 3.13. The fourth-order valence-electron chi connectivity index (χ4n) is 3.01. The van der Waals surface area contributed by atoms with Crippen LogP contribution in [-0.4, -0.2) is 28.8 Å². The predicted octanol–water partition coefficient (Wildman–Crippen LogP) is 4.32. The molecule has 0 spiro atoms. The highest BCUT2D eigenvalue weighted by Crippen LogP contribution is 2.35. The van der Waals surface area contributed by atoms with E-state index < -0.39 is 0 Å². The number of fused-ring (bicyclic) bond motifs is 1. The zero-order valence-electron chi connectivity index (χ0n) is 14.8. The molecule has 2 aromatic carbocycles. The van der Waals surface area contributed by atoms with Gasteiger partial charge in [-0.05, 0) is 35.4 Å². The molecule has 7 heteroatoms. The maximum Gasteiger partial charge on any atom is 0.165 e. The monoisotopic (exact) mass is 380 g/mol. The first-order chi connectivity index (χ1) is 13.1. The number of nitrogen functional groups attached to an aromatic ring is 1. The lowest BCUT2D eigenvalue weighted by Crippen LogP contribution is -2.02. The van der Waals surface area contributed by atoms with E-state index in [0.29, 0.717) is 28.0 Å². The summed E-state index contributed by atoms with van der Waals surface area (Å²) in [5.41, 5.74) is 10.5. The van der Waals surface area contributed by atoms with Crippen LogP contribution in [0, 0.1) is 0 Å². The Kier molecular flexibility index (Phi) is 4.33. The van der Waals surface area contributed by atoms with Gasteiger partial charge >= 0.3 is 0 Å². The first-order valence-electron chi connectivity index (χ1n) is 8.23. The summed E-state index contributed by atoms with van der Waals surface area (Å²) >= 11 is 5.97. The van der Waals surface area contributed by atoms with Gasteiger partial charge in [-0.25, -0.2) is 4.98 Å². The number of ether oxygens (including phenoxy) is 2. The molecule has 0 atom stereocenters. The van der Waals surface area contributed by atoms with E-state index in [1.54, 1.807) is 31.1 Å². The van der Waals surface area contributed by atoms with Crippen LogP contribution in [0.1, 0.15) is 0 Å². The maximum absolute atomic E-state index is 6.36. The Labute approximate surface area is 161 Å². The standard InChI is InChI=1S/C20H17ClN4O2/c1-26-17-8-5-13(9-18(17)27-2)16-11-24-25-19(22)15(10-23-20(16)25)12-3-6-14(21)7-4-12/h3-11H,22H2,1-2H3. The van der Waals surface area contributed by atoms with Gasteiger partial charge in [-0.2, -0.15) is 9.61 Å². The van der Waals surface area contributed by atoms with Crippen LogP contribution in [0.2, 0.25) is 5.02 Å². The third-order valence-electron chi connectivity index (χ3n) is 4.41. The Hall–Kier alpha value is -3.25. The van der Waals surface area contributed by atoms with Crippen molar-refractivity contribution in [1.82, 2.24) is 14.6 Å². The van der Waals surface area contributed by atoms with Gasteiger partial charge in [0, 0.05) is 22.3 Å². The summed E-state index contributed by atoms with van der Waals surface area (Å²) in [6.07, 6.45) is 3.49. The number of anilines is 1. The Bertz CT molecular complexity index is 1120. The minimum Gasteiger partial charge on any atom is -0.493 e. The van der Waals surface area contributed by atoms with E-state index in [0.717, 1.165) is 22.3 Å². The van der Waals surface area contributed by atoms with E-state index in [-0.39, 0.29) is 0 Å². The number of methoxy groups -OCH3 is 2. The Morgan fingerprint density at radius 1 is 0.889 bits per heavy atom. The van der Waals surface area contributed by atoms with Crippen LogP contribution in [0.4, 0.5) is 5.82 Å². The van der Waals surface area contributed by atoms with Gasteiger partial charge in [-0.15, -0.1) is 0 Å². The molecule has 136 valence electrons. The highest BCUT2D eigenvalue weighted by molar-refractivity contribution is 6.30. The van der Waals surface area contributed by atoms with Gasteiger partial charge in [-0.1, -0.05) is 29.8 Å². The lowest BCUT2D eigenvalue weighted by Gasteiger charge is -2.10. The van der Waals surface area contributed by atoms with Crippen molar-refractivity contribution in [3.05, 3.63) is 59.9 Å². The van der Waals surface area contributed by atoms with Crippen molar-refractivity contribution in [3.8, 4) is 33.8 Å². The summed E-state index contributed by atoms with van der Waals surface area (Å²) < 4.78 is 12.3. The van der Waals surface area contributed by atoms with Gasteiger partial charge in [0.05, 0.1) is 20.4 Å². The van der Waals surface area contributed by atoms with Crippen molar-refractivity contribution >= 4 is 23.1 Å². The van der Waals surface area contributed by atoms with Crippen molar-refractivity contribution in [2.75, 3.05) is 20.0 Å². The summed E-state index contributed by atoms with van der Waals surface area (Å²) in [5.74, 6) is 1.81. The van der Waals surface area contributed by atoms with Crippen LogP contribution in [0.15, 0.2) is 54.9 Å². The molecule has 0 saturated carbocycles. The van der Waals surface area contributed by atoms with Crippen LogP contribution in [-0.2, 0) is 0 Å². The minimum atomic E-state index is 0.508. The van der Waals surface area contributed by atoms with Gasteiger partial charge in [-0.3, -0.25) is 0 Å². The Morgan fingerprint density at radius 2 is 1.59 bits per heavy atom. The molecule has 4 rings (SSSR count). The second kappa shape index (κ2) is 6.81. The number of nitrogens with two attached hydrogens (primary N) is 1. The average molecular weight is 381 g/mol. The van der Waals surface area contributed by atoms with E-state index in [9.17, 15) is 0 Å². The number of halogens is 1. The second-order valence-corrected chi connectivity index (χ2v) is 6.36. The third-order valence-corrected chi connectivity index (χ3v) is 4.67. The van der Waals surface area contributed by atoms with E-state index in [4.69, 9.17) is 26.8 Å². The van der Waals surface area contributed by atoms with Crippen molar-refractivity contribution in [1.29, 1.82) is 0 Å². The van der Waals surface area contributed by atoms with Crippen molar-refractivity contribution in [2.24, 2.45) is 0 Å². The van der Waals surface area contributed by atoms with E-state index >= 15 is 0 Å². The summed E-state index contributed by atoms with van der Waals surface area (Å²) in [6, 6.07) is 13.1. The van der Waals surface area contributed by atoms with Crippen molar-refractivity contribution in [3.63, 3.8) is 0 Å². The Balaban J connectivity index is 1.83. The zero-order chi connectivity index (χ0) is 19.0. The van der Waals surface area contributed by atoms with E-state index in [1.165, 1.54) is 0 Å². The van der Waals surface area contributed by atoms with Gasteiger partial charge in [0.1, 0.15) is 5.82 Å². The summed E-state index contributed by atoms with van der Waals surface area (Å²) in [5, 5.41) is 5.10. The van der Waals surface area contributed by atoms with Crippen molar-refractivity contribution < 1.29 is 9.47 Å². The summed E-state index contributed by atoms with van der Waals surface area (Å²) in [4.78, 5) is 4.59. The highest BCUT2D eigenvalue weighted by Gasteiger charge is 2.15. The van der Waals surface area contributed by atoms with E-state index in [2.05, 4.69) is 10.1 Å². The number of rotatable bonds is 4. The fraction of sp³-hybridized carbons (Fsp3) is 0.100. The normalized spacial score (nSPS) is 10.9. The van der Waals surface area contributed by atoms with Crippen LogP contribution in [0.3, 0.4) is 0 Å². The molecule has 4 aromatic rings. The van der Waals surface area contributed by atoms with Crippen LogP contribution in [0.5, 0.6) is 11.5 Å². The molecule has 2 heterocycles. The molecular weight excluding hydrogens is 364 g/mol. The van der Waals surface area contributed by atoms with Gasteiger partial charge in [0.15, 0.2) is 17.1 Å². The number of nitrogens with zero attached hydrogens (tertiary/aromatic N) is 3. The van der Waals surface area contributed by atoms with Gasteiger partial charge in [0.2, 0.25) is 0 Å². The van der Waals surface area contributed by atoms with Crippen LogP contribution < -0.4 is 15.2 Å². The minimum absolute atomic E-state index is 0.508. The second-order valence-electron chi connectivity index (χ2n) is 5.93. The lowest BCUT2D eigenvalue weighted by molar-refractivity contribution is 0.355. The van der Waals surface area contributed by atoms with Crippen molar-refractivity contribution in [2.45, 2.75) is 0 Å². The number of hydrogen-bond donors (Lipinski definition) is 1. The number of hydrogen-bond acceptors (Lipinski definition) is 5. The Morgan fingerprint density at radius 3 is 2.30 bits per heavy atom. The molecule has 0 radical (unpaired) electrons. The highest BCUT2D eigenvalue weighted by atomic mass is 35.5. The zero-order valence-corrected chi connectivity index (χ0v) is 15.6. The first-order valence-corrected chi connectivity index (χ1v) is 8.60. The summed E-state index contributed by atoms with van der Waals surface area (Å²) in [6.45, 7) is 0. The molecule has 0 amide bonds. The van der Waals surface area contributed by atoms with E-state index in [1.807, 2.05) is 42.5 Å². The largest absolute Gasteiger partial charge is 0.493 e. The molecule has 0 unspecified atom stereocenters. The molecule has 0 aliphatic heterocycles. The topological polar surface area (TPSA) is 74.7 Å². The summed E-state index contributed by atoms with van der Waals surface area (Å²) in [7, 11) is 3.21. The van der Waals surface area contributed by atoms with Crippen LogP contribution >= 0.6 is 11.6 Å². The van der Waals surface area contributed by atoms with Gasteiger partial charge in [0.25, 0.3) is 0 Å². The number of aromatic nitrogens is 3. The molecule has 0 bridgehead atoms. The van der Waals surface area contributed by atoms with Gasteiger partial charge < -0.3 is 15.2 Å².